The highest BCUT2D eigenvalue weighted by Crippen LogP contribution is 2.31. The van der Waals surface area contributed by atoms with Crippen molar-refractivity contribution >= 4 is 26.7 Å². The molecule has 1 aromatic heterocycles. The minimum absolute atomic E-state index is 0.671. The predicted octanol–water partition coefficient (Wildman–Crippen LogP) is 2.63. The zero-order valence-corrected chi connectivity index (χ0v) is 11.1. The summed E-state index contributed by atoms with van der Waals surface area (Å²) in [6, 6.07) is 9.85. The average molecular weight is 259 g/mol. The number of nitrogens with zero attached hydrogens (tertiary/aromatic N) is 2. The van der Waals surface area contributed by atoms with E-state index in [0.717, 1.165) is 24.6 Å². The molecule has 2 fully saturated rings. The highest BCUT2D eigenvalue weighted by atomic mass is 32.1. The van der Waals surface area contributed by atoms with Gasteiger partial charge in [-0.1, -0.05) is 23.5 Å². The molecule has 4 heteroatoms. The fourth-order valence-corrected chi connectivity index (χ4v) is 4.11. The van der Waals surface area contributed by atoms with Crippen LogP contribution in [0.1, 0.15) is 19.3 Å². The summed E-state index contributed by atoms with van der Waals surface area (Å²) in [5.74, 6) is 0. The van der Waals surface area contributed by atoms with Gasteiger partial charge < -0.3 is 10.2 Å². The third-order valence-electron chi connectivity index (χ3n) is 4.08. The van der Waals surface area contributed by atoms with Crippen LogP contribution in [0.15, 0.2) is 24.3 Å². The molecule has 2 unspecified atom stereocenters. The summed E-state index contributed by atoms with van der Waals surface area (Å²) >= 11 is 1.83. The Bertz CT molecular complexity index is 532. The molecule has 2 aliphatic heterocycles. The van der Waals surface area contributed by atoms with Crippen LogP contribution in [0.3, 0.4) is 0 Å². The summed E-state index contributed by atoms with van der Waals surface area (Å²) in [5.41, 5.74) is 1.14. The van der Waals surface area contributed by atoms with Gasteiger partial charge in [0.2, 0.25) is 0 Å². The molecule has 2 bridgehead atoms. The number of aromatic nitrogens is 1. The van der Waals surface area contributed by atoms with Crippen LogP contribution in [0.5, 0.6) is 0 Å². The molecule has 2 aliphatic rings. The van der Waals surface area contributed by atoms with E-state index in [1.54, 1.807) is 0 Å². The van der Waals surface area contributed by atoms with Gasteiger partial charge in [0.15, 0.2) is 5.13 Å². The van der Waals surface area contributed by atoms with Crippen LogP contribution < -0.4 is 10.2 Å². The predicted molar refractivity (Wildman–Crippen MR) is 76.4 cm³/mol. The number of benzene rings is 1. The van der Waals surface area contributed by atoms with Crippen molar-refractivity contribution in [2.75, 3.05) is 18.0 Å². The standard InChI is InChI=1S/C14H17N3S/c1-2-4-13-12(3-1)16-14(18-13)17-8-7-10-5-6-11(9-17)15-10/h1-4,10-11,15H,5-9H2. The van der Waals surface area contributed by atoms with Crippen molar-refractivity contribution in [3.05, 3.63) is 24.3 Å². The first kappa shape index (κ1) is 10.8. The van der Waals surface area contributed by atoms with Crippen molar-refractivity contribution in [1.29, 1.82) is 0 Å². The summed E-state index contributed by atoms with van der Waals surface area (Å²) in [4.78, 5) is 7.25. The minimum Gasteiger partial charge on any atom is -0.346 e. The second-order valence-electron chi connectivity index (χ2n) is 5.34. The van der Waals surface area contributed by atoms with Crippen LogP contribution in [0.4, 0.5) is 5.13 Å². The molecular formula is C14H17N3S. The van der Waals surface area contributed by atoms with Crippen LogP contribution in [0.2, 0.25) is 0 Å². The first-order valence-corrected chi connectivity index (χ1v) is 7.57. The Morgan fingerprint density at radius 1 is 1.17 bits per heavy atom. The molecule has 3 nitrogen and oxygen atoms in total. The van der Waals surface area contributed by atoms with E-state index in [-0.39, 0.29) is 0 Å². The first-order valence-electron chi connectivity index (χ1n) is 6.75. The van der Waals surface area contributed by atoms with Crippen LogP contribution in [-0.4, -0.2) is 30.2 Å². The molecular weight excluding hydrogens is 242 g/mol. The quantitative estimate of drug-likeness (QED) is 0.853. The van der Waals surface area contributed by atoms with Gasteiger partial charge >= 0.3 is 0 Å². The molecule has 94 valence electrons. The van der Waals surface area contributed by atoms with Crippen LogP contribution in [0, 0.1) is 0 Å². The lowest BCUT2D eigenvalue weighted by atomic mass is 10.1. The van der Waals surface area contributed by atoms with Gasteiger partial charge in [-0.3, -0.25) is 0 Å². The Morgan fingerprint density at radius 2 is 2.06 bits per heavy atom. The molecule has 2 aromatic rings. The molecule has 2 atom stereocenters. The van der Waals surface area contributed by atoms with Gasteiger partial charge in [0.05, 0.1) is 10.2 Å². The molecule has 0 spiro atoms. The Balaban J connectivity index is 1.65. The van der Waals surface area contributed by atoms with Gasteiger partial charge in [-0.2, -0.15) is 0 Å². The zero-order chi connectivity index (χ0) is 11.9. The average Bonchev–Trinajstić information content (AvgIpc) is 2.92. The molecule has 0 saturated carbocycles. The molecule has 4 rings (SSSR count). The second-order valence-corrected chi connectivity index (χ2v) is 6.35. The lowest BCUT2D eigenvalue weighted by molar-refractivity contribution is 0.563. The van der Waals surface area contributed by atoms with Gasteiger partial charge in [0.25, 0.3) is 0 Å². The lowest BCUT2D eigenvalue weighted by Gasteiger charge is -2.23. The van der Waals surface area contributed by atoms with Crippen LogP contribution in [-0.2, 0) is 0 Å². The fraction of sp³-hybridized carbons (Fsp3) is 0.500. The molecule has 0 aliphatic carbocycles. The van der Waals surface area contributed by atoms with Gasteiger partial charge in [-0.25, -0.2) is 4.98 Å². The minimum atomic E-state index is 0.671. The van der Waals surface area contributed by atoms with E-state index in [1.165, 1.54) is 29.1 Å². The summed E-state index contributed by atoms with van der Waals surface area (Å²) < 4.78 is 1.30. The topological polar surface area (TPSA) is 28.2 Å². The van der Waals surface area contributed by atoms with E-state index in [9.17, 15) is 0 Å². The van der Waals surface area contributed by atoms with Crippen molar-refractivity contribution in [3.63, 3.8) is 0 Å². The summed E-state index contributed by atoms with van der Waals surface area (Å²) in [6.07, 6.45) is 3.94. The zero-order valence-electron chi connectivity index (χ0n) is 10.3. The SMILES string of the molecule is c1ccc2sc(N3CCC4CCC(C3)N4)nc2c1. The van der Waals surface area contributed by atoms with E-state index >= 15 is 0 Å². The largest absolute Gasteiger partial charge is 0.346 e. The molecule has 1 N–H and O–H groups in total. The number of hydrogen-bond acceptors (Lipinski definition) is 4. The van der Waals surface area contributed by atoms with E-state index in [2.05, 4.69) is 34.5 Å². The van der Waals surface area contributed by atoms with E-state index < -0.39 is 0 Å². The highest BCUT2D eigenvalue weighted by Gasteiger charge is 2.30. The first-order chi connectivity index (χ1) is 8.88. The van der Waals surface area contributed by atoms with Crippen molar-refractivity contribution in [2.45, 2.75) is 31.3 Å². The molecule has 1 aromatic carbocycles. The van der Waals surface area contributed by atoms with Crippen molar-refractivity contribution in [2.24, 2.45) is 0 Å². The summed E-state index contributed by atoms with van der Waals surface area (Å²) in [7, 11) is 0. The van der Waals surface area contributed by atoms with Gasteiger partial charge in [0, 0.05) is 25.2 Å². The summed E-state index contributed by atoms with van der Waals surface area (Å²) in [5, 5.41) is 4.92. The molecule has 0 amide bonds. The van der Waals surface area contributed by atoms with E-state index in [0.29, 0.717) is 6.04 Å². The monoisotopic (exact) mass is 259 g/mol. The van der Waals surface area contributed by atoms with Gasteiger partial charge in [0.1, 0.15) is 0 Å². The van der Waals surface area contributed by atoms with Crippen molar-refractivity contribution < 1.29 is 0 Å². The smallest absolute Gasteiger partial charge is 0.186 e. The van der Waals surface area contributed by atoms with Crippen molar-refractivity contribution in [3.8, 4) is 0 Å². The third kappa shape index (κ3) is 1.80. The highest BCUT2D eigenvalue weighted by molar-refractivity contribution is 7.22. The van der Waals surface area contributed by atoms with Crippen LogP contribution >= 0.6 is 11.3 Å². The number of hydrogen-bond donors (Lipinski definition) is 1. The maximum atomic E-state index is 4.78. The number of fused-ring (bicyclic) bond motifs is 3. The maximum Gasteiger partial charge on any atom is 0.186 e. The molecule has 18 heavy (non-hydrogen) atoms. The molecule has 2 saturated heterocycles. The number of thiazole rings is 1. The number of para-hydroxylation sites is 1. The normalized spacial score (nSPS) is 27.7. The van der Waals surface area contributed by atoms with Gasteiger partial charge in [-0.15, -0.1) is 0 Å². The number of rotatable bonds is 1. The molecule has 3 heterocycles. The number of nitrogens with one attached hydrogen (secondary N) is 1. The Hall–Kier alpha value is -1.13. The Labute approximate surface area is 111 Å². The van der Waals surface area contributed by atoms with E-state index in [4.69, 9.17) is 4.98 Å². The van der Waals surface area contributed by atoms with E-state index in [1.807, 2.05) is 11.3 Å². The van der Waals surface area contributed by atoms with Crippen LogP contribution in [0.25, 0.3) is 10.2 Å². The summed E-state index contributed by atoms with van der Waals surface area (Å²) in [6.45, 7) is 2.27. The maximum absolute atomic E-state index is 4.78. The number of anilines is 1. The Kier molecular flexibility index (Phi) is 2.52. The second kappa shape index (κ2) is 4.21. The fourth-order valence-electron chi connectivity index (χ4n) is 3.11. The van der Waals surface area contributed by atoms with Gasteiger partial charge in [-0.05, 0) is 31.4 Å². The Morgan fingerprint density at radius 3 is 3.00 bits per heavy atom. The van der Waals surface area contributed by atoms with Crippen molar-refractivity contribution in [1.82, 2.24) is 10.3 Å². The molecule has 0 radical (unpaired) electrons. The third-order valence-corrected chi connectivity index (χ3v) is 5.17. The lowest BCUT2D eigenvalue weighted by Crippen LogP contribution is -2.35.